The highest BCUT2D eigenvalue weighted by Gasteiger charge is 2.37. The molecule has 0 fully saturated rings. The predicted octanol–water partition coefficient (Wildman–Crippen LogP) is 10.6. The summed E-state index contributed by atoms with van der Waals surface area (Å²) in [5.74, 6) is 2.21. The lowest BCUT2D eigenvalue weighted by molar-refractivity contribution is 0.267. The molecule has 1 aliphatic heterocycles. The average Bonchev–Trinajstić information content (AvgIpc) is 3.47. The highest BCUT2D eigenvalue weighted by molar-refractivity contribution is 9.10. The maximum absolute atomic E-state index is 6.33. The van der Waals surface area contributed by atoms with Crippen molar-refractivity contribution in [3.63, 3.8) is 0 Å². The largest absolute Gasteiger partial charge is 0.490 e. The summed E-state index contributed by atoms with van der Waals surface area (Å²) in [4.78, 5) is 4.76. The molecule has 4 aromatic carbocycles. The van der Waals surface area contributed by atoms with Crippen molar-refractivity contribution in [3.8, 4) is 11.5 Å². The Morgan fingerprint density at radius 1 is 1.00 bits per heavy atom. The normalized spacial score (nSPS) is 18.9. The molecule has 0 saturated heterocycles. The number of rotatable bonds is 8. The molecule has 1 aliphatic carbocycles. The molecule has 0 spiro atoms. The molecule has 4 aromatic rings. The van der Waals surface area contributed by atoms with Crippen LogP contribution in [0, 0.1) is 12.8 Å². The average molecular weight is 662 g/mol. The number of hydrogen-bond acceptors (Lipinski definition) is 4. The minimum absolute atomic E-state index is 0.262. The summed E-state index contributed by atoms with van der Waals surface area (Å²) >= 11 is 16.0. The number of aryl methyl sites for hydroxylation is 1. The summed E-state index contributed by atoms with van der Waals surface area (Å²) < 4.78 is 12.8. The third kappa shape index (κ3) is 6.10. The Labute approximate surface area is 265 Å². The minimum Gasteiger partial charge on any atom is -0.490 e. The van der Waals surface area contributed by atoms with E-state index in [1.165, 1.54) is 22.4 Å². The van der Waals surface area contributed by atoms with Crippen molar-refractivity contribution in [2.75, 3.05) is 11.9 Å². The van der Waals surface area contributed by atoms with Crippen LogP contribution >= 0.6 is 39.1 Å². The second-order valence-corrected chi connectivity index (χ2v) is 12.4. The lowest BCUT2D eigenvalue weighted by Gasteiger charge is -2.37. The van der Waals surface area contributed by atoms with Crippen LogP contribution in [-0.2, 0) is 6.61 Å². The van der Waals surface area contributed by atoms with E-state index in [2.05, 4.69) is 82.8 Å². The summed E-state index contributed by atoms with van der Waals surface area (Å²) in [7, 11) is 0. The summed E-state index contributed by atoms with van der Waals surface area (Å²) in [5.41, 5.74) is 7.86. The summed E-state index contributed by atoms with van der Waals surface area (Å²) in [5, 5.41) is 4.97. The first-order chi connectivity index (χ1) is 20.4. The van der Waals surface area contributed by atoms with Crippen LogP contribution in [0.25, 0.3) is 0 Å². The topological polar surface area (TPSA) is 42.8 Å². The smallest absolute Gasteiger partial charge is 0.175 e. The van der Waals surface area contributed by atoms with Crippen molar-refractivity contribution >= 4 is 56.7 Å². The van der Waals surface area contributed by atoms with E-state index in [1.807, 2.05) is 31.3 Å². The van der Waals surface area contributed by atoms with Crippen molar-refractivity contribution < 1.29 is 9.47 Å². The van der Waals surface area contributed by atoms with Gasteiger partial charge in [0.05, 0.1) is 22.8 Å². The van der Waals surface area contributed by atoms with Crippen LogP contribution < -0.4 is 14.8 Å². The number of nitrogens with one attached hydrogen (secondary N) is 1. The van der Waals surface area contributed by atoms with Crippen LogP contribution in [0.4, 0.5) is 11.4 Å². The molecule has 214 valence electrons. The first-order valence-corrected chi connectivity index (χ1v) is 15.7. The zero-order valence-corrected chi connectivity index (χ0v) is 26.5. The summed E-state index contributed by atoms with van der Waals surface area (Å²) in [6.07, 6.45) is 7.64. The van der Waals surface area contributed by atoms with Gasteiger partial charge >= 0.3 is 0 Å². The van der Waals surface area contributed by atoms with Crippen LogP contribution in [0.1, 0.15) is 53.1 Å². The Balaban J connectivity index is 1.18. The van der Waals surface area contributed by atoms with Gasteiger partial charge in [0.1, 0.15) is 6.61 Å². The van der Waals surface area contributed by atoms with E-state index in [9.17, 15) is 0 Å². The monoisotopic (exact) mass is 660 g/mol. The molecule has 42 heavy (non-hydrogen) atoms. The number of hydrogen-bond donors (Lipinski definition) is 1. The second kappa shape index (κ2) is 12.5. The van der Waals surface area contributed by atoms with Gasteiger partial charge in [0, 0.05) is 33.4 Å². The Hall–Kier alpha value is -3.25. The first-order valence-electron chi connectivity index (χ1n) is 14.1. The Kier molecular flexibility index (Phi) is 8.62. The molecule has 0 unspecified atom stereocenters. The van der Waals surface area contributed by atoms with Gasteiger partial charge in [0.2, 0.25) is 0 Å². The fourth-order valence-corrected chi connectivity index (χ4v) is 6.85. The van der Waals surface area contributed by atoms with Gasteiger partial charge < -0.3 is 14.8 Å². The van der Waals surface area contributed by atoms with Crippen molar-refractivity contribution in [3.05, 3.63) is 127 Å². The minimum atomic E-state index is 0.262. The molecule has 3 atom stereocenters. The zero-order chi connectivity index (χ0) is 29.2. The van der Waals surface area contributed by atoms with Crippen LogP contribution in [0.5, 0.6) is 11.5 Å². The summed E-state index contributed by atoms with van der Waals surface area (Å²) in [6, 6.07) is 24.8. The van der Waals surface area contributed by atoms with Crippen molar-refractivity contribution in [1.82, 2.24) is 0 Å². The number of nitrogens with zero attached hydrogens (tertiary/aromatic N) is 1. The van der Waals surface area contributed by atoms with Crippen LogP contribution in [0.3, 0.4) is 0 Å². The van der Waals surface area contributed by atoms with Crippen molar-refractivity contribution in [2.24, 2.45) is 10.9 Å². The maximum Gasteiger partial charge on any atom is 0.175 e. The van der Waals surface area contributed by atoms with Crippen molar-refractivity contribution in [2.45, 2.75) is 38.8 Å². The molecule has 0 saturated carbocycles. The van der Waals surface area contributed by atoms with Gasteiger partial charge in [-0.15, -0.1) is 0 Å². The van der Waals surface area contributed by atoms with Gasteiger partial charge in [-0.2, -0.15) is 0 Å². The van der Waals surface area contributed by atoms with Gasteiger partial charge in [-0.1, -0.05) is 71.2 Å². The van der Waals surface area contributed by atoms with E-state index in [0.717, 1.165) is 27.7 Å². The van der Waals surface area contributed by atoms with E-state index in [4.69, 9.17) is 37.7 Å². The lowest BCUT2D eigenvalue weighted by atomic mass is 9.76. The third-order valence-corrected chi connectivity index (χ3v) is 9.03. The highest BCUT2D eigenvalue weighted by Crippen LogP contribution is 2.50. The van der Waals surface area contributed by atoms with Crippen LogP contribution in [0.2, 0.25) is 10.0 Å². The maximum atomic E-state index is 6.33. The van der Waals surface area contributed by atoms with Crippen molar-refractivity contribution in [1.29, 1.82) is 0 Å². The lowest BCUT2D eigenvalue weighted by Crippen LogP contribution is -2.29. The Bertz CT molecular complexity index is 1670. The van der Waals surface area contributed by atoms with Crippen LogP contribution in [0.15, 0.2) is 94.4 Å². The number of fused-ring (bicyclic) bond motifs is 3. The molecule has 0 bridgehead atoms. The number of benzene rings is 4. The number of anilines is 1. The third-order valence-electron chi connectivity index (χ3n) is 7.85. The second-order valence-electron chi connectivity index (χ2n) is 10.7. The fourth-order valence-electron chi connectivity index (χ4n) is 5.81. The molecular weight excluding hydrogens is 631 g/mol. The molecule has 0 amide bonds. The van der Waals surface area contributed by atoms with Gasteiger partial charge in [-0.05, 0) is 101 Å². The van der Waals surface area contributed by atoms with E-state index >= 15 is 0 Å². The summed E-state index contributed by atoms with van der Waals surface area (Å²) in [6.45, 7) is 4.90. The first kappa shape index (κ1) is 28.9. The predicted molar refractivity (Wildman–Crippen MR) is 177 cm³/mol. The Morgan fingerprint density at radius 2 is 1.83 bits per heavy atom. The Morgan fingerprint density at radius 3 is 2.62 bits per heavy atom. The molecule has 1 heterocycles. The van der Waals surface area contributed by atoms with Gasteiger partial charge in [0.15, 0.2) is 11.5 Å². The molecule has 4 nitrogen and oxygen atoms in total. The number of ether oxygens (including phenoxy) is 2. The fraction of sp³-hybridized carbons (Fsp3) is 0.229. The quantitative estimate of drug-likeness (QED) is 0.151. The van der Waals surface area contributed by atoms with Crippen LogP contribution in [-0.4, -0.2) is 12.8 Å². The van der Waals surface area contributed by atoms with E-state index < -0.39 is 0 Å². The standard InChI is InChI=1S/C35H31BrCl2N2O2/c1-3-41-33-17-22(16-30(36)35(33)42-20-24-8-11-25(37)18-31(24)38)19-39-26-12-9-23(10-13-26)34-28-6-4-5-27(28)29-15-21(2)7-14-32(29)40-34/h4-5,7-19,27-28,34,40H,3,6,20H2,1-2H3/t27-,28+,34-/m0/s1. The van der Waals surface area contributed by atoms with E-state index in [-0.39, 0.29) is 12.6 Å². The SMILES string of the molecule is CCOc1cc(C=Nc2ccc([C@@H]3Nc4ccc(C)cc4[C@H]4C=CC[C@H]43)cc2)cc(Br)c1OCc1ccc(Cl)cc1Cl. The van der Waals surface area contributed by atoms with Gasteiger partial charge in [-0.3, -0.25) is 4.99 Å². The molecule has 7 heteroatoms. The number of halogens is 3. The van der Waals surface area contributed by atoms with E-state index in [1.54, 1.807) is 12.1 Å². The number of aliphatic imine (C=N–C) groups is 1. The molecule has 2 aliphatic rings. The molecule has 6 rings (SSSR count). The molecule has 1 N–H and O–H groups in total. The molecular formula is C35H31BrCl2N2O2. The van der Waals surface area contributed by atoms with Gasteiger partial charge in [-0.25, -0.2) is 0 Å². The van der Waals surface area contributed by atoms with E-state index in [0.29, 0.717) is 40.0 Å². The van der Waals surface area contributed by atoms with Gasteiger partial charge in [0.25, 0.3) is 0 Å². The number of allylic oxidation sites excluding steroid dienone is 2. The molecule has 0 aromatic heterocycles. The molecule has 0 radical (unpaired) electrons. The zero-order valence-electron chi connectivity index (χ0n) is 23.4. The highest BCUT2D eigenvalue weighted by atomic mass is 79.9.